The van der Waals surface area contributed by atoms with Gasteiger partial charge in [-0.2, -0.15) is 0 Å². The lowest BCUT2D eigenvalue weighted by molar-refractivity contribution is 0.0443. The number of rotatable bonds is 6. The number of hydrogen-bond acceptors (Lipinski definition) is 3. The number of hydrogen-bond donors (Lipinski definition) is 3. The molecule has 1 aliphatic rings. The summed E-state index contributed by atoms with van der Waals surface area (Å²) in [6.07, 6.45) is 6.01. The molecule has 3 N–H and O–H groups in total. The molecule has 1 saturated carbocycles. The van der Waals surface area contributed by atoms with E-state index in [1.807, 2.05) is 13.8 Å². The first-order chi connectivity index (χ1) is 9.04. The predicted molar refractivity (Wildman–Crippen MR) is 75.1 cm³/mol. The zero-order chi connectivity index (χ0) is 14.3. The molecule has 0 aromatic rings. The van der Waals surface area contributed by atoms with Crippen LogP contribution < -0.4 is 10.6 Å². The van der Waals surface area contributed by atoms with Crippen molar-refractivity contribution in [2.45, 2.75) is 70.1 Å². The maximum atomic E-state index is 12.0. The first-order valence-corrected chi connectivity index (χ1v) is 7.27. The summed E-state index contributed by atoms with van der Waals surface area (Å²) in [4.78, 5) is 12.0. The molecule has 1 fully saturated rings. The Bertz CT molecular complexity index is 286. The summed E-state index contributed by atoms with van der Waals surface area (Å²) in [7, 11) is 1.69. The summed E-state index contributed by atoms with van der Waals surface area (Å²) in [5.41, 5.74) is -0.546. The highest BCUT2D eigenvalue weighted by molar-refractivity contribution is 5.75. The minimum Gasteiger partial charge on any atom is -0.394 e. The van der Waals surface area contributed by atoms with E-state index in [9.17, 15) is 9.90 Å². The Morgan fingerprint density at radius 2 is 2.11 bits per heavy atom. The molecule has 0 radical (unpaired) electrons. The average Bonchev–Trinajstić information content (AvgIpc) is 2.39. The fourth-order valence-corrected chi connectivity index (χ4v) is 2.76. The van der Waals surface area contributed by atoms with E-state index in [0.717, 1.165) is 38.5 Å². The Hall–Kier alpha value is -0.810. The van der Waals surface area contributed by atoms with Crippen molar-refractivity contribution in [2.24, 2.45) is 0 Å². The number of aliphatic hydroxyl groups is 1. The quantitative estimate of drug-likeness (QED) is 0.690. The summed E-state index contributed by atoms with van der Waals surface area (Å²) >= 11 is 0. The number of carbonyl (C=O) groups excluding carboxylic acids is 1. The standard InChI is InChI=1S/C14H28N2O3/c1-4-9-14(2,10-17)16-13(18)15-11-7-5-6-8-12(11)19-3/h11-12,17H,4-10H2,1-3H3,(H2,15,16,18). The molecule has 0 heterocycles. The van der Waals surface area contributed by atoms with Crippen molar-refractivity contribution in [3.8, 4) is 0 Å². The van der Waals surface area contributed by atoms with Crippen LogP contribution in [0.2, 0.25) is 0 Å². The van der Waals surface area contributed by atoms with Gasteiger partial charge in [0.15, 0.2) is 0 Å². The molecule has 5 nitrogen and oxygen atoms in total. The van der Waals surface area contributed by atoms with Gasteiger partial charge in [0, 0.05) is 7.11 Å². The highest BCUT2D eigenvalue weighted by Crippen LogP contribution is 2.21. The molecule has 1 aliphatic carbocycles. The van der Waals surface area contributed by atoms with E-state index in [0.29, 0.717) is 0 Å². The molecule has 0 bridgehead atoms. The van der Waals surface area contributed by atoms with Gasteiger partial charge in [-0.05, 0) is 26.2 Å². The second kappa shape index (κ2) is 7.70. The first-order valence-electron chi connectivity index (χ1n) is 7.27. The van der Waals surface area contributed by atoms with E-state index in [4.69, 9.17) is 4.74 Å². The lowest BCUT2D eigenvalue weighted by Gasteiger charge is -2.33. The Balaban J connectivity index is 2.49. The van der Waals surface area contributed by atoms with Crippen molar-refractivity contribution in [1.82, 2.24) is 10.6 Å². The van der Waals surface area contributed by atoms with Crippen molar-refractivity contribution < 1.29 is 14.6 Å². The molecule has 0 aliphatic heterocycles. The molecule has 112 valence electrons. The van der Waals surface area contributed by atoms with Gasteiger partial charge in [0.1, 0.15) is 0 Å². The van der Waals surface area contributed by atoms with Gasteiger partial charge in [-0.3, -0.25) is 0 Å². The number of methoxy groups -OCH3 is 1. The molecule has 2 amide bonds. The van der Waals surface area contributed by atoms with Gasteiger partial charge in [0.2, 0.25) is 0 Å². The van der Waals surface area contributed by atoms with Crippen molar-refractivity contribution >= 4 is 6.03 Å². The van der Waals surface area contributed by atoms with E-state index in [-0.39, 0.29) is 24.8 Å². The minimum atomic E-state index is -0.546. The zero-order valence-electron chi connectivity index (χ0n) is 12.4. The van der Waals surface area contributed by atoms with Crippen LogP contribution in [0.4, 0.5) is 4.79 Å². The third-order valence-electron chi connectivity index (χ3n) is 3.89. The van der Waals surface area contributed by atoms with E-state index in [1.165, 1.54) is 0 Å². The second-order valence-electron chi connectivity index (χ2n) is 5.73. The highest BCUT2D eigenvalue weighted by Gasteiger charge is 2.29. The van der Waals surface area contributed by atoms with E-state index in [1.54, 1.807) is 7.11 Å². The summed E-state index contributed by atoms with van der Waals surface area (Å²) in [6, 6.07) is -0.137. The molecule has 19 heavy (non-hydrogen) atoms. The van der Waals surface area contributed by atoms with Gasteiger partial charge in [-0.15, -0.1) is 0 Å². The monoisotopic (exact) mass is 272 g/mol. The fourth-order valence-electron chi connectivity index (χ4n) is 2.76. The molecule has 3 atom stereocenters. The summed E-state index contributed by atoms with van der Waals surface area (Å²) < 4.78 is 5.42. The number of urea groups is 1. The Kier molecular flexibility index (Phi) is 6.58. The lowest BCUT2D eigenvalue weighted by atomic mass is 9.92. The number of ether oxygens (including phenoxy) is 1. The van der Waals surface area contributed by atoms with Crippen LogP contribution in [0.25, 0.3) is 0 Å². The summed E-state index contributed by atoms with van der Waals surface area (Å²) in [5, 5.41) is 15.3. The van der Waals surface area contributed by atoms with Crippen LogP contribution in [-0.2, 0) is 4.74 Å². The normalized spacial score (nSPS) is 26.5. The number of nitrogens with one attached hydrogen (secondary N) is 2. The molecule has 0 aromatic heterocycles. The Morgan fingerprint density at radius 3 is 2.68 bits per heavy atom. The van der Waals surface area contributed by atoms with Crippen LogP contribution in [0.15, 0.2) is 0 Å². The summed E-state index contributed by atoms with van der Waals surface area (Å²) in [5.74, 6) is 0. The van der Waals surface area contributed by atoms with E-state index < -0.39 is 5.54 Å². The van der Waals surface area contributed by atoms with Crippen LogP contribution >= 0.6 is 0 Å². The molecule has 5 heteroatoms. The second-order valence-corrected chi connectivity index (χ2v) is 5.73. The number of amides is 2. The topological polar surface area (TPSA) is 70.6 Å². The molecule has 3 unspecified atom stereocenters. The van der Waals surface area contributed by atoms with Crippen LogP contribution in [0.3, 0.4) is 0 Å². The Morgan fingerprint density at radius 1 is 1.42 bits per heavy atom. The van der Waals surface area contributed by atoms with Crippen molar-refractivity contribution in [1.29, 1.82) is 0 Å². The SMILES string of the molecule is CCCC(C)(CO)NC(=O)NC1CCCCC1OC. The van der Waals surface area contributed by atoms with Crippen LogP contribution in [-0.4, -0.2) is 42.5 Å². The van der Waals surface area contributed by atoms with E-state index >= 15 is 0 Å². The highest BCUT2D eigenvalue weighted by atomic mass is 16.5. The van der Waals surface area contributed by atoms with Gasteiger partial charge < -0.3 is 20.5 Å². The first kappa shape index (κ1) is 16.2. The van der Waals surface area contributed by atoms with Crippen LogP contribution in [0, 0.1) is 0 Å². The molecule has 0 aromatic carbocycles. The molecule has 0 spiro atoms. The van der Waals surface area contributed by atoms with Gasteiger partial charge in [-0.25, -0.2) is 4.79 Å². The molecule has 1 rings (SSSR count). The third-order valence-corrected chi connectivity index (χ3v) is 3.89. The fraction of sp³-hybridized carbons (Fsp3) is 0.929. The largest absolute Gasteiger partial charge is 0.394 e. The van der Waals surface area contributed by atoms with Crippen molar-refractivity contribution in [3.63, 3.8) is 0 Å². The predicted octanol–water partition coefficient (Wildman–Crippen LogP) is 1.79. The minimum absolute atomic E-state index is 0.0490. The maximum Gasteiger partial charge on any atom is 0.315 e. The maximum absolute atomic E-state index is 12.0. The van der Waals surface area contributed by atoms with Crippen molar-refractivity contribution in [2.75, 3.05) is 13.7 Å². The van der Waals surface area contributed by atoms with Gasteiger partial charge in [0.25, 0.3) is 0 Å². The van der Waals surface area contributed by atoms with Gasteiger partial charge in [0.05, 0.1) is 24.3 Å². The third kappa shape index (κ3) is 4.99. The molecular weight excluding hydrogens is 244 g/mol. The zero-order valence-corrected chi connectivity index (χ0v) is 12.4. The van der Waals surface area contributed by atoms with Crippen LogP contribution in [0.5, 0.6) is 0 Å². The number of aliphatic hydroxyl groups excluding tert-OH is 1. The smallest absolute Gasteiger partial charge is 0.315 e. The van der Waals surface area contributed by atoms with Crippen molar-refractivity contribution in [3.05, 3.63) is 0 Å². The number of carbonyl (C=O) groups is 1. The molecular formula is C14H28N2O3. The van der Waals surface area contributed by atoms with Crippen LogP contribution in [0.1, 0.15) is 52.4 Å². The lowest BCUT2D eigenvalue weighted by Crippen LogP contribution is -2.56. The van der Waals surface area contributed by atoms with Gasteiger partial charge >= 0.3 is 6.03 Å². The van der Waals surface area contributed by atoms with E-state index in [2.05, 4.69) is 10.6 Å². The average molecular weight is 272 g/mol. The molecule has 0 saturated heterocycles. The summed E-state index contributed by atoms with van der Waals surface area (Å²) in [6.45, 7) is 3.85. The van der Waals surface area contributed by atoms with Gasteiger partial charge in [-0.1, -0.05) is 26.2 Å². The Labute approximate surface area is 116 Å².